The Labute approximate surface area is 101 Å². The van der Waals surface area contributed by atoms with Crippen LogP contribution in [0, 0.1) is 0 Å². The van der Waals surface area contributed by atoms with E-state index in [1.165, 1.54) is 7.11 Å². The number of ether oxygens (including phenoxy) is 3. The van der Waals surface area contributed by atoms with Crippen LogP contribution in [0.15, 0.2) is 18.3 Å². The first kappa shape index (κ1) is 13.6. The number of hydrogen-bond donors (Lipinski definition) is 0. The number of carbonyl (C=O) groups is 1. The molecule has 0 fully saturated rings. The van der Waals surface area contributed by atoms with Gasteiger partial charge in [-0.3, -0.25) is 4.79 Å². The average molecular weight is 239 g/mol. The van der Waals surface area contributed by atoms with Crippen molar-refractivity contribution in [3.63, 3.8) is 0 Å². The van der Waals surface area contributed by atoms with E-state index >= 15 is 0 Å². The number of ketones is 1. The van der Waals surface area contributed by atoms with E-state index in [0.29, 0.717) is 31.3 Å². The monoisotopic (exact) mass is 239 g/mol. The average Bonchev–Trinajstić information content (AvgIpc) is 2.38. The molecule has 0 aliphatic heterocycles. The predicted octanol–water partition coefficient (Wildman–Crippen LogP) is 1.33. The molecule has 1 aromatic heterocycles. The fourth-order valence-electron chi connectivity index (χ4n) is 1.29. The molecule has 5 nitrogen and oxygen atoms in total. The zero-order chi connectivity index (χ0) is 12.5. The molecule has 0 N–H and O–H groups in total. The molecule has 1 aromatic rings. The zero-order valence-electron chi connectivity index (χ0n) is 10.1. The second-order valence-electron chi connectivity index (χ2n) is 3.33. The van der Waals surface area contributed by atoms with Gasteiger partial charge in [0.05, 0.1) is 26.9 Å². The van der Waals surface area contributed by atoms with Gasteiger partial charge in [0.2, 0.25) is 0 Å². The van der Waals surface area contributed by atoms with Crippen LogP contribution in [0.25, 0.3) is 0 Å². The van der Waals surface area contributed by atoms with Crippen molar-refractivity contribution >= 4 is 5.78 Å². The van der Waals surface area contributed by atoms with Gasteiger partial charge < -0.3 is 14.2 Å². The molecule has 0 saturated carbocycles. The maximum atomic E-state index is 11.8. The number of Topliss-reactive ketones (excluding diaryl/α,β-unsaturated/α-hetero) is 1. The summed E-state index contributed by atoms with van der Waals surface area (Å²) in [5.74, 6) is 0.411. The molecule has 1 heterocycles. The highest BCUT2D eigenvalue weighted by molar-refractivity contribution is 5.96. The lowest BCUT2D eigenvalue weighted by Gasteiger charge is -2.06. The first-order valence-corrected chi connectivity index (χ1v) is 5.38. The Morgan fingerprint density at radius 3 is 2.82 bits per heavy atom. The van der Waals surface area contributed by atoms with Crippen molar-refractivity contribution in [2.24, 2.45) is 0 Å². The zero-order valence-corrected chi connectivity index (χ0v) is 10.1. The summed E-state index contributed by atoms with van der Waals surface area (Å²) in [6, 6.07) is 3.44. The highest BCUT2D eigenvalue weighted by atomic mass is 16.5. The van der Waals surface area contributed by atoms with Crippen LogP contribution in [0.2, 0.25) is 0 Å². The summed E-state index contributed by atoms with van der Waals surface area (Å²) in [6.45, 7) is 1.38. The highest BCUT2D eigenvalue weighted by Gasteiger charge is 2.12. The number of hydrogen-bond acceptors (Lipinski definition) is 5. The number of carbonyl (C=O) groups excluding carboxylic acids is 1. The lowest BCUT2D eigenvalue weighted by molar-refractivity contribution is 0.0638. The minimum Gasteiger partial charge on any atom is -0.494 e. The topological polar surface area (TPSA) is 57.7 Å². The highest BCUT2D eigenvalue weighted by Crippen LogP contribution is 2.16. The van der Waals surface area contributed by atoms with Gasteiger partial charge in [-0.25, -0.2) is 4.98 Å². The van der Waals surface area contributed by atoms with E-state index in [1.807, 2.05) is 0 Å². The van der Waals surface area contributed by atoms with Crippen molar-refractivity contribution < 1.29 is 19.0 Å². The molecular weight excluding hydrogens is 222 g/mol. The third-order valence-corrected chi connectivity index (χ3v) is 2.16. The normalized spacial score (nSPS) is 10.2. The summed E-state index contributed by atoms with van der Waals surface area (Å²) >= 11 is 0. The fourth-order valence-corrected chi connectivity index (χ4v) is 1.29. The summed E-state index contributed by atoms with van der Waals surface area (Å²) < 4.78 is 15.1. The van der Waals surface area contributed by atoms with Crippen LogP contribution < -0.4 is 4.74 Å². The van der Waals surface area contributed by atoms with Gasteiger partial charge >= 0.3 is 0 Å². The van der Waals surface area contributed by atoms with E-state index < -0.39 is 0 Å². The van der Waals surface area contributed by atoms with Crippen molar-refractivity contribution in [1.82, 2.24) is 4.98 Å². The van der Waals surface area contributed by atoms with Crippen molar-refractivity contribution in [3.05, 3.63) is 24.0 Å². The Morgan fingerprint density at radius 1 is 1.29 bits per heavy atom. The van der Waals surface area contributed by atoms with Crippen LogP contribution >= 0.6 is 0 Å². The van der Waals surface area contributed by atoms with Gasteiger partial charge in [-0.15, -0.1) is 0 Å². The molecule has 94 valence electrons. The van der Waals surface area contributed by atoms with Crippen LogP contribution in [0.5, 0.6) is 5.75 Å². The van der Waals surface area contributed by atoms with Crippen LogP contribution in [0.3, 0.4) is 0 Å². The third-order valence-electron chi connectivity index (χ3n) is 2.16. The second kappa shape index (κ2) is 7.76. The van der Waals surface area contributed by atoms with Gasteiger partial charge in [0, 0.05) is 19.7 Å². The summed E-state index contributed by atoms with van der Waals surface area (Å²) in [5, 5.41) is 0. The van der Waals surface area contributed by atoms with Crippen LogP contribution in [0.1, 0.15) is 16.9 Å². The van der Waals surface area contributed by atoms with E-state index in [1.54, 1.807) is 25.4 Å². The molecule has 1 rings (SSSR count). The van der Waals surface area contributed by atoms with Gasteiger partial charge in [-0.1, -0.05) is 0 Å². The summed E-state index contributed by atoms with van der Waals surface area (Å²) in [4.78, 5) is 15.8. The molecule has 5 heteroatoms. The van der Waals surface area contributed by atoms with Gasteiger partial charge in [0.1, 0.15) is 11.4 Å². The minimum atomic E-state index is -0.0835. The SMILES string of the molecule is COCCOCCC(=O)c1ncccc1OC. The largest absolute Gasteiger partial charge is 0.494 e. The number of aromatic nitrogens is 1. The molecule has 0 bridgehead atoms. The molecule has 17 heavy (non-hydrogen) atoms. The minimum absolute atomic E-state index is 0.0835. The van der Waals surface area contributed by atoms with Crippen molar-refractivity contribution in [2.45, 2.75) is 6.42 Å². The number of pyridine rings is 1. The van der Waals surface area contributed by atoms with E-state index in [9.17, 15) is 4.79 Å². The quantitative estimate of drug-likeness (QED) is 0.506. The van der Waals surface area contributed by atoms with E-state index in [-0.39, 0.29) is 12.2 Å². The molecular formula is C12H17NO4. The van der Waals surface area contributed by atoms with Gasteiger partial charge in [-0.2, -0.15) is 0 Å². The number of rotatable bonds is 8. The van der Waals surface area contributed by atoms with Crippen LogP contribution in [-0.2, 0) is 9.47 Å². The van der Waals surface area contributed by atoms with Gasteiger partial charge in [-0.05, 0) is 12.1 Å². The standard InChI is InChI=1S/C12H17NO4/c1-15-8-9-17-7-5-10(14)12-11(16-2)4-3-6-13-12/h3-4,6H,5,7-9H2,1-2H3. The number of nitrogens with zero attached hydrogens (tertiary/aromatic N) is 1. The first-order chi connectivity index (χ1) is 8.29. The summed E-state index contributed by atoms with van der Waals surface area (Å²) in [7, 11) is 3.12. The molecule has 0 aliphatic carbocycles. The van der Waals surface area contributed by atoms with Crippen molar-refractivity contribution in [2.75, 3.05) is 34.0 Å². The predicted molar refractivity (Wildman–Crippen MR) is 62.4 cm³/mol. The maximum absolute atomic E-state index is 11.8. The third kappa shape index (κ3) is 4.50. The molecule has 0 aliphatic rings. The molecule has 0 atom stereocenters. The fraction of sp³-hybridized carbons (Fsp3) is 0.500. The van der Waals surface area contributed by atoms with E-state index in [0.717, 1.165) is 0 Å². The summed E-state index contributed by atoms with van der Waals surface area (Å²) in [6.07, 6.45) is 1.86. The maximum Gasteiger partial charge on any atom is 0.187 e. The second-order valence-corrected chi connectivity index (χ2v) is 3.33. The first-order valence-electron chi connectivity index (χ1n) is 5.38. The van der Waals surface area contributed by atoms with Crippen LogP contribution in [0.4, 0.5) is 0 Å². The molecule has 0 aromatic carbocycles. The lowest BCUT2D eigenvalue weighted by Crippen LogP contribution is -2.10. The number of methoxy groups -OCH3 is 2. The van der Waals surface area contributed by atoms with E-state index in [4.69, 9.17) is 14.2 Å². The van der Waals surface area contributed by atoms with Crippen molar-refractivity contribution in [1.29, 1.82) is 0 Å². The Kier molecular flexibility index (Phi) is 6.21. The van der Waals surface area contributed by atoms with Crippen LogP contribution in [-0.4, -0.2) is 44.8 Å². The van der Waals surface area contributed by atoms with Gasteiger partial charge in [0.25, 0.3) is 0 Å². The molecule has 0 spiro atoms. The summed E-state index contributed by atoms with van der Waals surface area (Å²) in [5.41, 5.74) is 0.352. The Bertz CT molecular complexity index is 354. The lowest BCUT2D eigenvalue weighted by atomic mass is 10.2. The molecule has 0 unspecified atom stereocenters. The Morgan fingerprint density at radius 2 is 2.12 bits per heavy atom. The molecule has 0 saturated heterocycles. The Balaban J connectivity index is 2.41. The Hall–Kier alpha value is -1.46. The molecule has 0 amide bonds. The molecule has 0 radical (unpaired) electrons. The smallest absolute Gasteiger partial charge is 0.187 e. The van der Waals surface area contributed by atoms with E-state index in [2.05, 4.69) is 4.98 Å². The van der Waals surface area contributed by atoms with Crippen molar-refractivity contribution in [3.8, 4) is 5.75 Å². The van der Waals surface area contributed by atoms with Gasteiger partial charge in [0.15, 0.2) is 5.78 Å².